The summed E-state index contributed by atoms with van der Waals surface area (Å²) in [6.07, 6.45) is 0. The van der Waals surface area contributed by atoms with Gasteiger partial charge in [0.25, 0.3) is 5.91 Å². The van der Waals surface area contributed by atoms with Gasteiger partial charge in [0, 0.05) is 17.5 Å². The molecule has 2 aromatic carbocycles. The Morgan fingerprint density at radius 2 is 1.96 bits per heavy atom. The lowest BCUT2D eigenvalue weighted by Crippen LogP contribution is -2.22. The van der Waals surface area contributed by atoms with Crippen molar-refractivity contribution >= 4 is 28.4 Å². The quantitative estimate of drug-likeness (QED) is 0.630. The van der Waals surface area contributed by atoms with Crippen LogP contribution in [0.15, 0.2) is 48.5 Å². The fraction of sp³-hybridized carbons (Fsp3) is 0.158. The number of nitrogens with one attached hydrogen (secondary N) is 1. The molecule has 0 aliphatic heterocycles. The number of pyridine rings is 1. The average molecular weight is 393 g/mol. The van der Waals surface area contributed by atoms with E-state index in [9.17, 15) is 13.6 Å². The molecule has 0 aliphatic carbocycles. The van der Waals surface area contributed by atoms with E-state index in [-0.39, 0.29) is 24.0 Å². The van der Waals surface area contributed by atoms with Gasteiger partial charge in [0.15, 0.2) is 11.5 Å². The number of carbonyl (C=O) groups is 1. The summed E-state index contributed by atoms with van der Waals surface area (Å²) in [7, 11) is 1.35. The van der Waals surface area contributed by atoms with Crippen LogP contribution in [0.3, 0.4) is 0 Å². The molecule has 3 aromatic rings. The van der Waals surface area contributed by atoms with Gasteiger partial charge in [0.1, 0.15) is 5.15 Å². The van der Waals surface area contributed by atoms with Gasteiger partial charge >= 0.3 is 6.61 Å². The molecule has 0 unspecified atom stereocenters. The smallest absolute Gasteiger partial charge is 0.387 e. The first-order valence-electron chi connectivity index (χ1n) is 7.92. The summed E-state index contributed by atoms with van der Waals surface area (Å²) < 4.78 is 34.2. The zero-order chi connectivity index (χ0) is 19.4. The van der Waals surface area contributed by atoms with Crippen LogP contribution in [-0.2, 0) is 6.54 Å². The molecule has 0 spiro atoms. The number of halogens is 3. The van der Waals surface area contributed by atoms with E-state index >= 15 is 0 Å². The second-order valence-electron chi connectivity index (χ2n) is 5.59. The van der Waals surface area contributed by atoms with Gasteiger partial charge in [-0.05, 0) is 48.0 Å². The van der Waals surface area contributed by atoms with Crippen LogP contribution < -0.4 is 14.8 Å². The van der Waals surface area contributed by atoms with Gasteiger partial charge in [-0.2, -0.15) is 8.78 Å². The third-order valence-electron chi connectivity index (χ3n) is 3.81. The molecule has 5 nitrogen and oxygen atoms in total. The number of rotatable bonds is 6. The van der Waals surface area contributed by atoms with E-state index in [2.05, 4.69) is 15.0 Å². The highest BCUT2D eigenvalue weighted by molar-refractivity contribution is 6.29. The largest absolute Gasteiger partial charge is 0.493 e. The van der Waals surface area contributed by atoms with Crippen molar-refractivity contribution in [3.63, 3.8) is 0 Å². The molecule has 0 atom stereocenters. The minimum absolute atomic E-state index is 0.0664. The molecule has 3 rings (SSSR count). The van der Waals surface area contributed by atoms with Gasteiger partial charge < -0.3 is 14.8 Å². The summed E-state index contributed by atoms with van der Waals surface area (Å²) in [4.78, 5) is 16.6. The first-order valence-corrected chi connectivity index (χ1v) is 8.30. The number of methoxy groups -OCH3 is 1. The van der Waals surface area contributed by atoms with E-state index in [1.165, 1.54) is 19.2 Å². The lowest BCUT2D eigenvalue weighted by atomic mass is 10.1. The molecule has 0 saturated heterocycles. The van der Waals surface area contributed by atoms with Crippen molar-refractivity contribution in [1.29, 1.82) is 0 Å². The Balaban J connectivity index is 1.71. The van der Waals surface area contributed by atoms with Gasteiger partial charge in [0.05, 0.1) is 12.6 Å². The fourth-order valence-electron chi connectivity index (χ4n) is 2.54. The highest BCUT2D eigenvalue weighted by atomic mass is 35.5. The topological polar surface area (TPSA) is 60.5 Å². The highest BCUT2D eigenvalue weighted by Gasteiger charge is 2.12. The van der Waals surface area contributed by atoms with Crippen LogP contribution in [0, 0.1) is 0 Å². The number of hydrogen-bond acceptors (Lipinski definition) is 4. The molecule has 140 valence electrons. The monoisotopic (exact) mass is 392 g/mol. The molecule has 8 heteroatoms. The van der Waals surface area contributed by atoms with Gasteiger partial charge in [0.2, 0.25) is 0 Å². The maximum Gasteiger partial charge on any atom is 0.387 e. The van der Waals surface area contributed by atoms with Crippen LogP contribution in [-0.4, -0.2) is 24.6 Å². The van der Waals surface area contributed by atoms with Crippen LogP contribution in [0.5, 0.6) is 11.5 Å². The van der Waals surface area contributed by atoms with Crippen molar-refractivity contribution in [2.75, 3.05) is 7.11 Å². The van der Waals surface area contributed by atoms with Crippen molar-refractivity contribution in [2.45, 2.75) is 13.2 Å². The average Bonchev–Trinajstić information content (AvgIpc) is 2.66. The van der Waals surface area contributed by atoms with Crippen LogP contribution in [0.2, 0.25) is 5.15 Å². The molecule has 0 saturated carbocycles. The Morgan fingerprint density at radius 1 is 1.15 bits per heavy atom. The van der Waals surface area contributed by atoms with Crippen LogP contribution in [0.1, 0.15) is 15.9 Å². The van der Waals surface area contributed by atoms with E-state index in [1.54, 1.807) is 36.4 Å². The van der Waals surface area contributed by atoms with E-state index in [1.807, 2.05) is 0 Å². The molecule has 1 N–H and O–H groups in total. The summed E-state index contributed by atoms with van der Waals surface area (Å²) >= 11 is 5.85. The number of hydrogen-bond donors (Lipinski definition) is 1. The number of amides is 1. The van der Waals surface area contributed by atoms with Crippen molar-refractivity contribution in [3.05, 3.63) is 64.8 Å². The lowest BCUT2D eigenvalue weighted by Gasteiger charge is -2.12. The first-order chi connectivity index (χ1) is 13.0. The predicted molar refractivity (Wildman–Crippen MR) is 97.5 cm³/mol. The molecular weight excluding hydrogens is 378 g/mol. The van der Waals surface area contributed by atoms with Crippen molar-refractivity contribution in [1.82, 2.24) is 10.3 Å². The van der Waals surface area contributed by atoms with Gasteiger partial charge in [-0.15, -0.1) is 0 Å². The third kappa shape index (κ3) is 4.62. The number of carbonyl (C=O) groups excluding carboxylic acids is 1. The number of alkyl halides is 2. The van der Waals surface area contributed by atoms with Gasteiger partial charge in [-0.1, -0.05) is 17.7 Å². The van der Waals surface area contributed by atoms with Crippen LogP contribution >= 0.6 is 11.6 Å². The second kappa shape index (κ2) is 8.18. The standard InChI is InChI=1S/C19H15ClF2N2O3/c1-26-16-8-11(2-6-15(16)27-19(21)22)10-23-18(25)13-3-5-14-12(9-13)4-7-17(20)24-14/h2-9,19H,10H2,1H3,(H,23,25). The Labute approximate surface area is 158 Å². The maximum absolute atomic E-state index is 12.4. The summed E-state index contributed by atoms with van der Waals surface area (Å²) in [6.45, 7) is -2.75. The molecule has 27 heavy (non-hydrogen) atoms. The minimum atomic E-state index is -2.94. The molecule has 0 radical (unpaired) electrons. The Morgan fingerprint density at radius 3 is 2.70 bits per heavy atom. The Kier molecular flexibility index (Phi) is 5.71. The first kappa shape index (κ1) is 18.8. The SMILES string of the molecule is COc1cc(CNC(=O)c2ccc3nc(Cl)ccc3c2)ccc1OC(F)F. The van der Waals surface area contributed by atoms with Crippen molar-refractivity contribution < 1.29 is 23.0 Å². The minimum Gasteiger partial charge on any atom is -0.493 e. The summed E-state index contributed by atoms with van der Waals surface area (Å²) in [5, 5.41) is 3.95. The molecule has 0 fully saturated rings. The zero-order valence-corrected chi connectivity index (χ0v) is 15.0. The molecule has 0 bridgehead atoms. The molecule has 1 aromatic heterocycles. The fourth-order valence-corrected chi connectivity index (χ4v) is 2.70. The number of fused-ring (bicyclic) bond motifs is 1. The van der Waals surface area contributed by atoms with E-state index in [0.29, 0.717) is 21.8 Å². The lowest BCUT2D eigenvalue weighted by molar-refractivity contribution is -0.0512. The van der Waals surface area contributed by atoms with E-state index in [0.717, 1.165) is 5.39 Å². The summed E-state index contributed by atoms with van der Waals surface area (Å²) in [5.41, 5.74) is 1.84. The number of aromatic nitrogens is 1. The van der Waals surface area contributed by atoms with Crippen molar-refractivity contribution in [3.8, 4) is 11.5 Å². The van der Waals surface area contributed by atoms with Gasteiger partial charge in [-0.25, -0.2) is 4.98 Å². The molecule has 0 aliphatic rings. The van der Waals surface area contributed by atoms with Gasteiger partial charge in [-0.3, -0.25) is 4.79 Å². The normalized spacial score (nSPS) is 10.9. The third-order valence-corrected chi connectivity index (χ3v) is 4.03. The predicted octanol–water partition coefficient (Wildman–Crippen LogP) is 4.43. The van der Waals surface area contributed by atoms with E-state index < -0.39 is 6.61 Å². The van der Waals surface area contributed by atoms with Crippen LogP contribution in [0.4, 0.5) is 8.78 Å². The zero-order valence-electron chi connectivity index (χ0n) is 14.2. The maximum atomic E-state index is 12.4. The summed E-state index contributed by atoms with van der Waals surface area (Å²) in [5.74, 6) is -0.183. The number of nitrogens with zero attached hydrogens (tertiary/aromatic N) is 1. The summed E-state index contributed by atoms with van der Waals surface area (Å²) in [6, 6.07) is 13.0. The van der Waals surface area contributed by atoms with E-state index in [4.69, 9.17) is 16.3 Å². The number of ether oxygens (including phenoxy) is 2. The highest BCUT2D eigenvalue weighted by Crippen LogP contribution is 2.29. The number of benzene rings is 2. The van der Waals surface area contributed by atoms with Crippen LogP contribution in [0.25, 0.3) is 10.9 Å². The Hall–Kier alpha value is -2.93. The second-order valence-corrected chi connectivity index (χ2v) is 5.98. The molecule has 1 heterocycles. The van der Waals surface area contributed by atoms with Crippen molar-refractivity contribution in [2.24, 2.45) is 0 Å². The molecular formula is C19H15ClF2N2O3. The molecule has 1 amide bonds. The Bertz CT molecular complexity index is 982.